The Bertz CT molecular complexity index is 902. The Balaban J connectivity index is 1.89. The minimum Gasteiger partial charge on any atom is -0.497 e. The molecule has 0 saturated carbocycles. The van der Waals surface area contributed by atoms with Crippen molar-refractivity contribution >= 4 is 27.5 Å². The Morgan fingerprint density at radius 3 is 2.52 bits per heavy atom. The van der Waals surface area contributed by atoms with Crippen LogP contribution in [0.3, 0.4) is 0 Å². The van der Waals surface area contributed by atoms with E-state index in [9.17, 15) is 13.2 Å². The van der Waals surface area contributed by atoms with Gasteiger partial charge < -0.3 is 14.8 Å². The molecule has 2 N–H and O–H groups in total. The molecule has 0 spiro atoms. The highest BCUT2D eigenvalue weighted by atomic mass is 35.5. The van der Waals surface area contributed by atoms with E-state index in [4.69, 9.17) is 21.1 Å². The van der Waals surface area contributed by atoms with E-state index < -0.39 is 15.9 Å². The van der Waals surface area contributed by atoms with Crippen molar-refractivity contribution in [3.63, 3.8) is 0 Å². The fraction of sp³-hybridized carbons (Fsp3) is 0.278. The van der Waals surface area contributed by atoms with Crippen LogP contribution in [0, 0.1) is 0 Å². The Morgan fingerprint density at radius 1 is 1.11 bits per heavy atom. The van der Waals surface area contributed by atoms with Crippen molar-refractivity contribution in [2.45, 2.75) is 6.54 Å². The van der Waals surface area contributed by atoms with Gasteiger partial charge in [0.15, 0.2) is 0 Å². The van der Waals surface area contributed by atoms with Crippen LogP contribution in [0.15, 0.2) is 42.5 Å². The van der Waals surface area contributed by atoms with Crippen LogP contribution in [-0.2, 0) is 16.6 Å². The van der Waals surface area contributed by atoms with E-state index >= 15 is 0 Å². The van der Waals surface area contributed by atoms with Crippen LogP contribution >= 0.6 is 11.6 Å². The molecule has 0 unspecified atom stereocenters. The van der Waals surface area contributed by atoms with Gasteiger partial charge in [-0.05, 0) is 23.8 Å². The summed E-state index contributed by atoms with van der Waals surface area (Å²) in [6.45, 7) is 0.0358. The Kier molecular flexibility index (Phi) is 7.46. The summed E-state index contributed by atoms with van der Waals surface area (Å²) in [6.07, 6.45) is 0. The van der Waals surface area contributed by atoms with Crippen molar-refractivity contribution in [1.82, 2.24) is 10.0 Å². The van der Waals surface area contributed by atoms with Crippen LogP contribution in [0.1, 0.15) is 15.9 Å². The summed E-state index contributed by atoms with van der Waals surface area (Å²) in [7, 11) is -0.627. The van der Waals surface area contributed by atoms with Gasteiger partial charge in [-0.25, -0.2) is 13.1 Å². The van der Waals surface area contributed by atoms with Crippen LogP contribution in [0.25, 0.3) is 0 Å². The second kappa shape index (κ2) is 9.59. The normalized spacial score (nSPS) is 11.1. The molecule has 146 valence electrons. The summed E-state index contributed by atoms with van der Waals surface area (Å²) < 4.78 is 36.9. The maximum atomic E-state index is 12.3. The fourth-order valence-electron chi connectivity index (χ4n) is 2.28. The number of nitrogens with one attached hydrogen (secondary N) is 2. The summed E-state index contributed by atoms with van der Waals surface area (Å²) in [5.74, 6) is 0.193. The zero-order valence-corrected chi connectivity index (χ0v) is 16.6. The number of amides is 1. The first-order valence-corrected chi connectivity index (χ1v) is 10.1. The van der Waals surface area contributed by atoms with E-state index in [1.807, 2.05) is 0 Å². The van der Waals surface area contributed by atoms with E-state index in [2.05, 4.69) is 10.0 Å². The van der Waals surface area contributed by atoms with Crippen LogP contribution in [0.2, 0.25) is 5.02 Å². The number of rotatable bonds is 9. The number of methoxy groups -OCH3 is 2. The molecule has 0 heterocycles. The van der Waals surface area contributed by atoms with Crippen LogP contribution < -0.4 is 19.5 Å². The molecule has 0 atom stereocenters. The van der Waals surface area contributed by atoms with Gasteiger partial charge in [-0.3, -0.25) is 4.79 Å². The van der Waals surface area contributed by atoms with Crippen LogP contribution in [-0.4, -0.2) is 40.8 Å². The average molecular weight is 413 g/mol. The lowest BCUT2D eigenvalue weighted by atomic mass is 10.2. The van der Waals surface area contributed by atoms with Gasteiger partial charge in [-0.2, -0.15) is 0 Å². The molecule has 7 nitrogen and oxygen atoms in total. The number of carbonyl (C=O) groups is 1. The van der Waals surface area contributed by atoms with Crippen LogP contribution in [0.4, 0.5) is 0 Å². The zero-order valence-electron chi connectivity index (χ0n) is 15.0. The first-order valence-electron chi connectivity index (χ1n) is 8.07. The van der Waals surface area contributed by atoms with Gasteiger partial charge in [0.05, 0.1) is 25.5 Å². The number of sulfonamides is 1. The van der Waals surface area contributed by atoms with Crippen molar-refractivity contribution in [3.8, 4) is 11.5 Å². The summed E-state index contributed by atoms with van der Waals surface area (Å²) in [6, 6.07) is 11.7. The Labute approximate surface area is 163 Å². The first-order chi connectivity index (χ1) is 12.9. The highest BCUT2D eigenvalue weighted by molar-refractivity contribution is 7.89. The summed E-state index contributed by atoms with van der Waals surface area (Å²) in [4.78, 5) is 12.3. The lowest BCUT2D eigenvalue weighted by Gasteiger charge is -2.11. The van der Waals surface area contributed by atoms with Crippen LogP contribution in [0.5, 0.6) is 11.5 Å². The SMILES string of the molecule is COc1ccc(C(=O)NCCS(=O)(=O)NCc2ccccc2Cl)c(OC)c1. The number of halogens is 1. The molecular formula is C18H21ClN2O5S. The van der Waals surface area contributed by atoms with E-state index in [0.717, 1.165) is 0 Å². The molecule has 0 radical (unpaired) electrons. The third kappa shape index (κ3) is 6.13. The minimum atomic E-state index is -3.58. The maximum Gasteiger partial charge on any atom is 0.255 e. The van der Waals surface area contributed by atoms with Gasteiger partial charge in [-0.1, -0.05) is 29.8 Å². The van der Waals surface area contributed by atoms with Gasteiger partial charge in [0.1, 0.15) is 11.5 Å². The van der Waals surface area contributed by atoms with E-state index in [-0.39, 0.29) is 18.8 Å². The number of carbonyl (C=O) groups excluding carboxylic acids is 1. The van der Waals surface area contributed by atoms with Gasteiger partial charge in [0, 0.05) is 24.2 Å². The zero-order chi connectivity index (χ0) is 19.9. The topological polar surface area (TPSA) is 93.7 Å². The molecule has 0 aromatic heterocycles. The molecule has 1 amide bonds. The molecule has 0 fully saturated rings. The molecule has 9 heteroatoms. The smallest absolute Gasteiger partial charge is 0.255 e. The second-order valence-corrected chi connectivity index (χ2v) is 7.89. The molecule has 27 heavy (non-hydrogen) atoms. The molecular weight excluding hydrogens is 392 g/mol. The standard InChI is InChI=1S/C18H21ClN2O5S/c1-25-14-7-8-15(17(11-14)26-2)18(22)20-9-10-27(23,24)21-12-13-5-3-4-6-16(13)19/h3-8,11,21H,9-10,12H2,1-2H3,(H,20,22). The fourth-order valence-corrected chi connectivity index (χ4v) is 3.37. The molecule has 2 rings (SSSR count). The monoisotopic (exact) mass is 412 g/mol. The van der Waals surface area contributed by atoms with Gasteiger partial charge in [-0.15, -0.1) is 0 Å². The van der Waals surface area contributed by atoms with Crippen molar-refractivity contribution < 1.29 is 22.7 Å². The predicted octanol–water partition coefficient (Wildman–Crippen LogP) is 2.21. The van der Waals surface area contributed by atoms with E-state index in [1.54, 1.807) is 42.5 Å². The quantitative estimate of drug-likeness (QED) is 0.658. The molecule has 0 aliphatic rings. The molecule has 2 aromatic rings. The molecule has 0 aliphatic carbocycles. The second-order valence-electron chi connectivity index (χ2n) is 5.55. The largest absolute Gasteiger partial charge is 0.497 e. The molecule has 0 bridgehead atoms. The van der Waals surface area contributed by atoms with Crippen molar-refractivity contribution in [2.24, 2.45) is 0 Å². The first kappa shape index (κ1) is 21.0. The van der Waals surface area contributed by atoms with E-state index in [1.165, 1.54) is 14.2 Å². The predicted molar refractivity (Wildman–Crippen MR) is 104 cm³/mol. The average Bonchev–Trinajstić information content (AvgIpc) is 2.66. The van der Waals surface area contributed by atoms with E-state index in [0.29, 0.717) is 27.6 Å². The lowest BCUT2D eigenvalue weighted by molar-refractivity contribution is 0.0953. The number of hydrogen-bond acceptors (Lipinski definition) is 5. The summed E-state index contributed by atoms with van der Waals surface area (Å²) >= 11 is 6.00. The summed E-state index contributed by atoms with van der Waals surface area (Å²) in [5, 5.41) is 3.06. The molecule has 0 aliphatic heterocycles. The van der Waals surface area contributed by atoms with Crippen molar-refractivity contribution in [2.75, 3.05) is 26.5 Å². The van der Waals surface area contributed by atoms with Gasteiger partial charge in [0.25, 0.3) is 5.91 Å². The number of ether oxygens (including phenoxy) is 2. The number of hydrogen-bond donors (Lipinski definition) is 2. The van der Waals surface area contributed by atoms with Crippen molar-refractivity contribution in [3.05, 3.63) is 58.6 Å². The lowest BCUT2D eigenvalue weighted by Crippen LogP contribution is -2.34. The highest BCUT2D eigenvalue weighted by Gasteiger charge is 2.15. The third-order valence-corrected chi connectivity index (χ3v) is 5.44. The molecule has 0 saturated heterocycles. The number of benzene rings is 2. The molecule has 2 aromatic carbocycles. The Morgan fingerprint density at radius 2 is 1.85 bits per heavy atom. The third-order valence-electron chi connectivity index (χ3n) is 3.75. The highest BCUT2D eigenvalue weighted by Crippen LogP contribution is 2.24. The van der Waals surface area contributed by atoms with Gasteiger partial charge in [0.2, 0.25) is 10.0 Å². The Hall–Kier alpha value is -2.29. The minimum absolute atomic E-state index is 0.0497. The van der Waals surface area contributed by atoms with Gasteiger partial charge >= 0.3 is 0 Å². The maximum absolute atomic E-state index is 12.3. The summed E-state index contributed by atoms with van der Waals surface area (Å²) in [5.41, 5.74) is 0.967. The van der Waals surface area contributed by atoms with Crippen molar-refractivity contribution in [1.29, 1.82) is 0 Å².